The Balaban J connectivity index is 2.25. The van der Waals surface area contributed by atoms with Crippen molar-refractivity contribution in [2.45, 2.75) is 243 Å². The fourth-order valence-corrected chi connectivity index (χ4v) is 7.17. The minimum absolute atomic E-state index is 0.114. The van der Waals surface area contributed by atoms with Gasteiger partial charge in [-0.05, 0) is 44.9 Å². The summed E-state index contributed by atoms with van der Waals surface area (Å²) < 4.78 is 22.8. The molecule has 56 heavy (non-hydrogen) atoms. The molecule has 9 nitrogen and oxygen atoms in total. The molecule has 1 fully saturated rings. The summed E-state index contributed by atoms with van der Waals surface area (Å²) >= 11 is 0. The molecule has 0 spiro atoms. The number of esters is 1. The Hall–Kier alpha value is -1.33. The normalized spacial score (nSPS) is 20.7. The van der Waals surface area contributed by atoms with Crippen molar-refractivity contribution >= 4 is 5.97 Å². The second kappa shape index (κ2) is 39.1. The van der Waals surface area contributed by atoms with Crippen molar-refractivity contribution in [1.82, 2.24) is 0 Å². The average molecular weight is 797 g/mol. The first-order valence-corrected chi connectivity index (χ1v) is 23.4. The van der Waals surface area contributed by atoms with Gasteiger partial charge >= 0.3 is 5.97 Å². The summed E-state index contributed by atoms with van der Waals surface area (Å²) in [6.07, 6.45) is 37.7. The molecule has 0 aromatic rings. The van der Waals surface area contributed by atoms with Gasteiger partial charge in [0, 0.05) is 13.0 Å². The van der Waals surface area contributed by atoms with Crippen LogP contribution in [0.2, 0.25) is 0 Å². The maximum absolute atomic E-state index is 12.8. The van der Waals surface area contributed by atoms with Gasteiger partial charge < -0.3 is 39.4 Å². The Morgan fingerprint density at radius 2 is 1.04 bits per heavy atom. The molecule has 9 heteroatoms. The first-order chi connectivity index (χ1) is 27.4. The minimum atomic E-state index is -1.54. The van der Waals surface area contributed by atoms with Crippen molar-refractivity contribution in [3.63, 3.8) is 0 Å². The lowest BCUT2D eigenvalue weighted by atomic mass is 9.99. The van der Waals surface area contributed by atoms with E-state index in [1.54, 1.807) is 0 Å². The number of hydrogen-bond acceptors (Lipinski definition) is 9. The maximum Gasteiger partial charge on any atom is 0.306 e. The quantitative estimate of drug-likeness (QED) is 0.0271. The van der Waals surface area contributed by atoms with Gasteiger partial charge in [0.25, 0.3) is 0 Å². The molecule has 1 aliphatic rings. The number of aliphatic hydroxyl groups is 4. The number of carbonyl (C=O) groups excluding carboxylic acids is 1. The van der Waals surface area contributed by atoms with Crippen LogP contribution >= 0.6 is 0 Å². The van der Waals surface area contributed by atoms with Gasteiger partial charge in [0.1, 0.15) is 30.5 Å². The third-order valence-electron chi connectivity index (χ3n) is 10.9. The van der Waals surface area contributed by atoms with Gasteiger partial charge in [0.05, 0.1) is 19.8 Å². The van der Waals surface area contributed by atoms with Crippen LogP contribution in [0.4, 0.5) is 0 Å². The van der Waals surface area contributed by atoms with Gasteiger partial charge in [-0.1, -0.05) is 179 Å². The van der Waals surface area contributed by atoms with E-state index >= 15 is 0 Å². The van der Waals surface area contributed by atoms with E-state index in [0.717, 1.165) is 51.4 Å². The molecule has 6 atom stereocenters. The topological polar surface area (TPSA) is 135 Å². The monoisotopic (exact) mass is 797 g/mol. The molecule has 0 aromatic heterocycles. The molecule has 6 unspecified atom stereocenters. The van der Waals surface area contributed by atoms with E-state index in [9.17, 15) is 25.2 Å². The summed E-state index contributed by atoms with van der Waals surface area (Å²) in [4.78, 5) is 12.8. The molecule has 1 aliphatic heterocycles. The van der Waals surface area contributed by atoms with E-state index in [4.69, 9.17) is 18.9 Å². The number of ether oxygens (including phenoxy) is 4. The molecule has 4 N–H and O–H groups in total. The first-order valence-electron chi connectivity index (χ1n) is 23.4. The molecule has 0 aromatic carbocycles. The molecule has 0 saturated carbocycles. The summed E-state index contributed by atoms with van der Waals surface area (Å²) in [6.45, 7) is 4.54. The predicted molar refractivity (Wildman–Crippen MR) is 229 cm³/mol. The average Bonchev–Trinajstić information content (AvgIpc) is 3.20. The summed E-state index contributed by atoms with van der Waals surface area (Å²) in [5.74, 6) is -0.314. The van der Waals surface area contributed by atoms with Crippen LogP contribution < -0.4 is 0 Å². The highest BCUT2D eigenvalue weighted by Crippen LogP contribution is 2.23. The van der Waals surface area contributed by atoms with Crippen LogP contribution in [0.25, 0.3) is 0 Å². The molecule has 1 saturated heterocycles. The van der Waals surface area contributed by atoms with Crippen LogP contribution in [0.1, 0.15) is 206 Å². The van der Waals surface area contributed by atoms with Crippen LogP contribution in [-0.4, -0.2) is 89.6 Å². The van der Waals surface area contributed by atoms with Gasteiger partial charge in [0.2, 0.25) is 0 Å². The number of unbranched alkanes of at least 4 members (excludes halogenated alkanes) is 25. The lowest BCUT2D eigenvalue weighted by Crippen LogP contribution is -2.59. The van der Waals surface area contributed by atoms with Crippen molar-refractivity contribution < 1.29 is 44.2 Å². The minimum Gasteiger partial charge on any atom is -0.457 e. The van der Waals surface area contributed by atoms with E-state index in [2.05, 4.69) is 38.2 Å². The summed E-state index contributed by atoms with van der Waals surface area (Å²) in [5, 5.41) is 40.1. The number of hydrogen-bond donors (Lipinski definition) is 4. The van der Waals surface area contributed by atoms with Gasteiger partial charge in [-0.3, -0.25) is 4.79 Å². The number of aliphatic hydroxyl groups excluding tert-OH is 4. The van der Waals surface area contributed by atoms with Crippen LogP contribution in [0.3, 0.4) is 0 Å². The second-order valence-electron chi connectivity index (χ2n) is 16.2. The zero-order chi connectivity index (χ0) is 40.7. The lowest BCUT2D eigenvalue weighted by Gasteiger charge is -2.39. The van der Waals surface area contributed by atoms with Crippen LogP contribution in [0, 0.1) is 0 Å². The molecule has 0 bridgehead atoms. The van der Waals surface area contributed by atoms with Gasteiger partial charge in [-0.15, -0.1) is 0 Å². The fourth-order valence-electron chi connectivity index (χ4n) is 7.17. The molecule has 1 rings (SSSR count). The third kappa shape index (κ3) is 29.8. The highest BCUT2D eigenvalue weighted by atomic mass is 16.7. The van der Waals surface area contributed by atoms with E-state index in [-0.39, 0.29) is 19.2 Å². The molecule has 0 aliphatic carbocycles. The van der Waals surface area contributed by atoms with Crippen molar-refractivity contribution in [2.24, 2.45) is 0 Å². The zero-order valence-electron chi connectivity index (χ0n) is 36.1. The summed E-state index contributed by atoms with van der Waals surface area (Å²) in [6, 6.07) is 0. The molecule has 0 radical (unpaired) electrons. The molecule has 330 valence electrons. The Kier molecular flexibility index (Phi) is 36.8. The molecule has 0 amide bonds. The predicted octanol–water partition coefficient (Wildman–Crippen LogP) is 10.6. The first kappa shape index (κ1) is 52.7. The van der Waals surface area contributed by atoms with E-state index in [1.807, 2.05) is 0 Å². The summed E-state index contributed by atoms with van der Waals surface area (Å²) in [7, 11) is 0. The molecular formula is C47H88O9. The third-order valence-corrected chi connectivity index (χ3v) is 10.9. The largest absolute Gasteiger partial charge is 0.457 e. The number of carbonyl (C=O) groups is 1. The van der Waals surface area contributed by atoms with Crippen LogP contribution in [0.15, 0.2) is 24.3 Å². The highest BCUT2D eigenvalue weighted by Gasteiger charge is 2.44. The van der Waals surface area contributed by atoms with E-state index in [0.29, 0.717) is 13.0 Å². The Morgan fingerprint density at radius 1 is 0.571 bits per heavy atom. The maximum atomic E-state index is 12.8. The molecule has 1 heterocycles. The lowest BCUT2D eigenvalue weighted by molar-refractivity contribution is -0.305. The SMILES string of the molecule is CCCCC/C=C\C/C=C\CCCCCCCCOCC(COC1OC(CO)C(O)C(O)C1O)OC(=O)CCCCCCCCCCCCCCCCCCC. The second-order valence-corrected chi connectivity index (χ2v) is 16.2. The Labute approximate surface area is 343 Å². The van der Waals surface area contributed by atoms with Crippen LogP contribution in [0.5, 0.6) is 0 Å². The fraction of sp³-hybridized carbons (Fsp3) is 0.894. The highest BCUT2D eigenvalue weighted by molar-refractivity contribution is 5.69. The van der Waals surface area contributed by atoms with Gasteiger partial charge in [0.15, 0.2) is 6.29 Å². The van der Waals surface area contributed by atoms with Gasteiger partial charge in [-0.25, -0.2) is 0 Å². The van der Waals surface area contributed by atoms with Crippen molar-refractivity contribution in [1.29, 1.82) is 0 Å². The number of rotatable bonds is 40. The van der Waals surface area contributed by atoms with Crippen LogP contribution in [-0.2, 0) is 23.7 Å². The Bertz CT molecular complexity index is 910. The standard InChI is InChI=1S/C47H88O9/c1-3-5-7-9-11-13-15-17-19-21-22-24-26-28-30-32-34-36-43(49)55-41(40-54-47-46(52)45(51)44(50)42(38-48)56-47)39-53-37-35-33-31-29-27-25-23-20-18-16-14-12-10-8-6-4-2/h12,14,18,20,41-42,44-48,50-52H,3-11,13,15-17,19,21-40H2,1-2H3/b14-12-,20-18-. The van der Waals surface area contributed by atoms with Crippen molar-refractivity contribution in [2.75, 3.05) is 26.4 Å². The summed E-state index contributed by atoms with van der Waals surface area (Å²) in [5.41, 5.74) is 0. The zero-order valence-corrected chi connectivity index (χ0v) is 36.1. The van der Waals surface area contributed by atoms with E-state index < -0.39 is 43.4 Å². The smallest absolute Gasteiger partial charge is 0.306 e. The molecular weight excluding hydrogens is 709 g/mol. The Morgan fingerprint density at radius 3 is 1.57 bits per heavy atom. The van der Waals surface area contributed by atoms with Crippen molar-refractivity contribution in [3.8, 4) is 0 Å². The van der Waals surface area contributed by atoms with E-state index in [1.165, 1.54) is 135 Å². The van der Waals surface area contributed by atoms with Gasteiger partial charge in [-0.2, -0.15) is 0 Å². The number of allylic oxidation sites excluding steroid dienone is 4. The van der Waals surface area contributed by atoms with Crippen molar-refractivity contribution in [3.05, 3.63) is 24.3 Å².